The highest BCUT2D eigenvalue weighted by atomic mass is 32.1. The number of hydrogen-bond acceptors (Lipinski definition) is 6. The van der Waals surface area contributed by atoms with Crippen LogP contribution in [0.25, 0.3) is 10.8 Å². The van der Waals surface area contributed by atoms with Gasteiger partial charge in [-0.2, -0.15) is 0 Å². The zero-order valence-electron chi connectivity index (χ0n) is 13.4. The number of hydrogen-bond donors (Lipinski definition) is 0. The van der Waals surface area contributed by atoms with Crippen LogP contribution in [0.3, 0.4) is 0 Å². The second-order valence-corrected chi connectivity index (χ2v) is 6.31. The maximum Gasteiger partial charge on any atom is 0.257 e. The largest absolute Gasteiger partial charge is 0.497 e. The highest BCUT2D eigenvalue weighted by molar-refractivity contribution is 7.13. The molecule has 0 spiro atoms. The minimum Gasteiger partial charge on any atom is -0.497 e. The average Bonchev–Trinajstić information content (AvgIpc) is 3.26. The first-order chi connectivity index (χ1) is 11.2. The van der Waals surface area contributed by atoms with Gasteiger partial charge in [-0.25, -0.2) is 0 Å². The van der Waals surface area contributed by atoms with Gasteiger partial charge >= 0.3 is 0 Å². The molecule has 0 saturated heterocycles. The molecule has 5 nitrogen and oxygen atoms in total. The third-order valence-corrected chi connectivity index (χ3v) is 4.64. The lowest BCUT2D eigenvalue weighted by Gasteiger charge is -2.21. The quantitative estimate of drug-likeness (QED) is 0.684. The smallest absolute Gasteiger partial charge is 0.257 e. The number of rotatable bonds is 6. The van der Waals surface area contributed by atoms with E-state index in [0.29, 0.717) is 11.8 Å². The molecular weight excluding hydrogens is 310 g/mol. The van der Waals surface area contributed by atoms with Crippen LogP contribution in [0.4, 0.5) is 0 Å². The zero-order chi connectivity index (χ0) is 16.2. The van der Waals surface area contributed by atoms with Gasteiger partial charge in [0.2, 0.25) is 5.89 Å². The van der Waals surface area contributed by atoms with E-state index in [1.165, 1.54) is 5.56 Å². The van der Waals surface area contributed by atoms with Gasteiger partial charge in [0, 0.05) is 6.54 Å². The van der Waals surface area contributed by atoms with E-state index >= 15 is 0 Å². The summed E-state index contributed by atoms with van der Waals surface area (Å²) < 4.78 is 11.0. The molecule has 0 aliphatic rings. The van der Waals surface area contributed by atoms with Gasteiger partial charge in [-0.3, -0.25) is 4.90 Å². The van der Waals surface area contributed by atoms with Gasteiger partial charge in [0.15, 0.2) is 0 Å². The Balaban J connectivity index is 1.68. The van der Waals surface area contributed by atoms with Crippen LogP contribution in [0.1, 0.15) is 24.4 Å². The fourth-order valence-electron chi connectivity index (χ4n) is 2.25. The molecule has 0 aliphatic heterocycles. The van der Waals surface area contributed by atoms with Crippen LogP contribution >= 0.6 is 11.3 Å². The van der Waals surface area contributed by atoms with Gasteiger partial charge in [0.25, 0.3) is 5.89 Å². The molecule has 1 aromatic carbocycles. The molecule has 120 valence electrons. The molecule has 23 heavy (non-hydrogen) atoms. The van der Waals surface area contributed by atoms with Gasteiger partial charge < -0.3 is 9.15 Å². The Bertz CT molecular complexity index is 738. The summed E-state index contributed by atoms with van der Waals surface area (Å²) in [5, 5.41) is 10.3. The molecule has 3 aromatic rings. The summed E-state index contributed by atoms with van der Waals surface area (Å²) in [5.41, 5.74) is 1.21. The number of methoxy groups -OCH3 is 1. The van der Waals surface area contributed by atoms with Crippen molar-refractivity contribution in [3.63, 3.8) is 0 Å². The molecule has 3 rings (SSSR count). The number of aromatic nitrogens is 2. The third kappa shape index (κ3) is 3.60. The highest BCUT2D eigenvalue weighted by Crippen LogP contribution is 2.27. The molecule has 0 fully saturated rings. The predicted molar refractivity (Wildman–Crippen MR) is 90.5 cm³/mol. The third-order valence-electron chi connectivity index (χ3n) is 3.78. The minimum atomic E-state index is 0.0401. The standard InChI is InChI=1S/C17H19N3O2S/c1-12(16-18-19-17(22-16)15-5-4-10-23-15)20(2)11-13-6-8-14(21-3)9-7-13/h4-10,12H,11H2,1-3H3. The highest BCUT2D eigenvalue weighted by Gasteiger charge is 2.19. The van der Waals surface area contributed by atoms with E-state index in [9.17, 15) is 0 Å². The summed E-state index contributed by atoms with van der Waals surface area (Å²) in [6, 6.07) is 12.1. The Kier molecular flexibility index (Phi) is 4.73. The molecule has 0 radical (unpaired) electrons. The normalized spacial score (nSPS) is 12.5. The first-order valence-corrected chi connectivity index (χ1v) is 8.26. The van der Waals surface area contributed by atoms with Crippen molar-refractivity contribution >= 4 is 11.3 Å². The average molecular weight is 329 g/mol. The molecule has 0 saturated carbocycles. The molecule has 2 heterocycles. The molecule has 1 atom stereocenters. The fourth-order valence-corrected chi connectivity index (χ4v) is 2.89. The van der Waals surface area contributed by atoms with Crippen LogP contribution < -0.4 is 4.74 Å². The summed E-state index contributed by atoms with van der Waals surface area (Å²) in [5.74, 6) is 2.08. The van der Waals surface area contributed by atoms with Crippen molar-refractivity contribution < 1.29 is 9.15 Å². The molecule has 6 heteroatoms. The number of benzene rings is 1. The van der Waals surface area contributed by atoms with Crippen molar-refractivity contribution in [2.45, 2.75) is 19.5 Å². The predicted octanol–water partition coefficient (Wildman–Crippen LogP) is 4.00. The summed E-state index contributed by atoms with van der Waals surface area (Å²) in [4.78, 5) is 3.17. The van der Waals surface area contributed by atoms with E-state index in [1.54, 1.807) is 18.4 Å². The maximum absolute atomic E-state index is 5.81. The topological polar surface area (TPSA) is 51.4 Å². The van der Waals surface area contributed by atoms with Crippen molar-refractivity contribution in [3.05, 3.63) is 53.2 Å². The summed E-state index contributed by atoms with van der Waals surface area (Å²) in [6.07, 6.45) is 0. The number of nitrogens with zero attached hydrogens (tertiary/aromatic N) is 3. The van der Waals surface area contributed by atoms with E-state index in [4.69, 9.17) is 9.15 Å². The summed E-state index contributed by atoms with van der Waals surface area (Å²) in [6.45, 7) is 2.86. The zero-order valence-corrected chi connectivity index (χ0v) is 14.2. The Hall–Kier alpha value is -2.18. The Morgan fingerprint density at radius 3 is 2.65 bits per heavy atom. The Labute approximate surface area is 139 Å². The molecule has 2 aromatic heterocycles. The molecular formula is C17H19N3O2S. The lowest BCUT2D eigenvalue weighted by atomic mass is 10.2. The van der Waals surface area contributed by atoms with Gasteiger partial charge in [-0.15, -0.1) is 21.5 Å². The summed E-state index contributed by atoms with van der Waals surface area (Å²) >= 11 is 1.59. The lowest BCUT2D eigenvalue weighted by Crippen LogP contribution is -2.22. The fraction of sp³-hybridized carbons (Fsp3) is 0.294. The van der Waals surface area contributed by atoms with Crippen LogP contribution in [-0.2, 0) is 6.54 Å². The van der Waals surface area contributed by atoms with Gasteiger partial charge in [0.05, 0.1) is 18.0 Å². The van der Waals surface area contributed by atoms with Gasteiger partial charge in [0.1, 0.15) is 5.75 Å². The molecule has 0 N–H and O–H groups in total. The second-order valence-electron chi connectivity index (χ2n) is 5.36. The lowest BCUT2D eigenvalue weighted by molar-refractivity contribution is 0.218. The number of thiophene rings is 1. The molecule has 0 aliphatic carbocycles. The van der Waals surface area contributed by atoms with Crippen LogP contribution in [0, 0.1) is 0 Å². The first-order valence-electron chi connectivity index (χ1n) is 7.38. The van der Waals surface area contributed by atoms with E-state index in [1.807, 2.05) is 36.7 Å². The van der Waals surface area contributed by atoms with Gasteiger partial charge in [-0.05, 0) is 43.1 Å². The second kappa shape index (κ2) is 6.93. The van der Waals surface area contributed by atoms with Crippen LogP contribution in [0.5, 0.6) is 5.75 Å². The van der Waals surface area contributed by atoms with E-state index in [2.05, 4.69) is 34.2 Å². The van der Waals surface area contributed by atoms with Crippen molar-refractivity contribution in [2.24, 2.45) is 0 Å². The van der Waals surface area contributed by atoms with E-state index in [0.717, 1.165) is 17.2 Å². The Morgan fingerprint density at radius 1 is 1.22 bits per heavy atom. The van der Waals surface area contributed by atoms with Crippen LogP contribution in [0.15, 0.2) is 46.2 Å². The van der Waals surface area contributed by atoms with Crippen molar-refractivity contribution in [1.82, 2.24) is 15.1 Å². The van der Waals surface area contributed by atoms with Crippen molar-refractivity contribution in [1.29, 1.82) is 0 Å². The van der Waals surface area contributed by atoms with Gasteiger partial charge in [-0.1, -0.05) is 18.2 Å². The molecule has 0 amide bonds. The van der Waals surface area contributed by atoms with Crippen LogP contribution in [-0.4, -0.2) is 29.3 Å². The Morgan fingerprint density at radius 2 is 2.00 bits per heavy atom. The minimum absolute atomic E-state index is 0.0401. The SMILES string of the molecule is COc1ccc(CN(C)C(C)c2nnc(-c3cccs3)o2)cc1. The summed E-state index contributed by atoms with van der Waals surface area (Å²) in [7, 11) is 3.72. The van der Waals surface area contributed by atoms with Crippen molar-refractivity contribution in [2.75, 3.05) is 14.2 Å². The number of ether oxygens (including phenoxy) is 1. The maximum atomic E-state index is 5.81. The van der Waals surface area contributed by atoms with Crippen molar-refractivity contribution in [3.8, 4) is 16.5 Å². The first kappa shape index (κ1) is 15.7. The van der Waals surface area contributed by atoms with Crippen LogP contribution in [0.2, 0.25) is 0 Å². The van der Waals surface area contributed by atoms with E-state index < -0.39 is 0 Å². The molecule has 0 bridgehead atoms. The molecule has 1 unspecified atom stereocenters. The van der Waals surface area contributed by atoms with E-state index in [-0.39, 0.29) is 6.04 Å². The monoisotopic (exact) mass is 329 g/mol.